The number of hydrogen-bond acceptors (Lipinski definition) is 4. The van der Waals surface area contributed by atoms with Crippen molar-refractivity contribution < 1.29 is 5.11 Å². The number of halogens is 1. The maximum Gasteiger partial charge on any atom is 0.0862 e. The van der Waals surface area contributed by atoms with Crippen molar-refractivity contribution in [2.24, 2.45) is 0 Å². The van der Waals surface area contributed by atoms with E-state index in [2.05, 4.69) is 32.0 Å². The van der Waals surface area contributed by atoms with E-state index in [0.717, 1.165) is 11.0 Å². The van der Waals surface area contributed by atoms with E-state index >= 15 is 0 Å². The maximum absolute atomic E-state index is 10.1. The molecule has 1 aromatic carbocycles. The van der Waals surface area contributed by atoms with Crippen molar-refractivity contribution >= 4 is 21.6 Å². The van der Waals surface area contributed by atoms with E-state index in [0.29, 0.717) is 18.8 Å². The van der Waals surface area contributed by atoms with Crippen LogP contribution in [0.2, 0.25) is 0 Å². The molecular formula is C14H19BrN4O. The van der Waals surface area contributed by atoms with Crippen LogP contribution in [0.5, 0.6) is 0 Å². The fourth-order valence-electron chi connectivity index (χ4n) is 2.09. The molecule has 20 heavy (non-hydrogen) atoms. The quantitative estimate of drug-likeness (QED) is 0.841. The maximum atomic E-state index is 10.1. The summed E-state index contributed by atoms with van der Waals surface area (Å²) in [5.74, 6) is 0. The molecule has 3 N–H and O–H groups in total. The van der Waals surface area contributed by atoms with E-state index in [1.165, 1.54) is 5.56 Å². The molecule has 5 nitrogen and oxygen atoms in total. The Morgan fingerprint density at radius 1 is 1.45 bits per heavy atom. The zero-order chi connectivity index (χ0) is 14.5. The molecule has 2 aromatic rings. The summed E-state index contributed by atoms with van der Waals surface area (Å²) in [7, 11) is 1.99. The summed E-state index contributed by atoms with van der Waals surface area (Å²) >= 11 is 3.53. The molecule has 0 bridgehead atoms. The van der Waals surface area contributed by atoms with E-state index in [4.69, 9.17) is 5.73 Å². The molecule has 0 aliphatic heterocycles. The molecule has 108 valence electrons. The molecule has 0 amide bonds. The highest BCUT2D eigenvalue weighted by atomic mass is 79.9. The van der Waals surface area contributed by atoms with Gasteiger partial charge in [0.25, 0.3) is 0 Å². The Morgan fingerprint density at radius 2 is 2.20 bits per heavy atom. The predicted molar refractivity (Wildman–Crippen MR) is 83.1 cm³/mol. The topological polar surface area (TPSA) is 67.3 Å². The first-order chi connectivity index (χ1) is 9.54. The molecule has 1 atom stereocenters. The first-order valence-electron chi connectivity index (χ1n) is 6.42. The number of nitrogens with zero attached hydrogens (tertiary/aromatic N) is 3. The Bertz CT molecular complexity index is 558. The Morgan fingerprint density at radius 3 is 2.85 bits per heavy atom. The van der Waals surface area contributed by atoms with Gasteiger partial charge in [-0.05, 0) is 18.7 Å². The average Bonchev–Trinajstić information content (AvgIpc) is 2.77. The Hall–Kier alpha value is -1.37. The van der Waals surface area contributed by atoms with Gasteiger partial charge in [-0.15, -0.1) is 0 Å². The highest BCUT2D eigenvalue weighted by Crippen LogP contribution is 2.17. The van der Waals surface area contributed by atoms with E-state index in [-0.39, 0.29) is 0 Å². The molecule has 2 rings (SSSR count). The molecule has 6 heteroatoms. The van der Waals surface area contributed by atoms with Gasteiger partial charge in [0, 0.05) is 23.8 Å². The molecule has 0 saturated carbocycles. The number of nitrogens with two attached hydrogens (primary N) is 1. The van der Waals surface area contributed by atoms with Crippen molar-refractivity contribution in [2.75, 3.05) is 19.3 Å². The van der Waals surface area contributed by atoms with Crippen molar-refractivity contribution in [1.29, 1.82) is 0 Å². The van der Waals surface area contributed by atoms with E-state index in [1.54, 1.807) is 17.1 Å². The van der Waals surface area contributed by atoms with Crippen molar-refractivity contribution in [1.82, 2.24) is 14.7 Å². The first-order valence-corrected chi connectivity index (χ1v) is 7.22. The second-order valence-corrected chi connectivity index (χ2v) is 5.79. The summed E-state index contributed by atoms with van der Waals surface area (Å²) < 4.78 is 2.74. The number of likely N-dealkylation sites (N-methyl/N-ethyl adjacent to an activating group) is 1. The molecule has 0 saturated heterocycles. The van der Waals surface area contributed by atoms with E-state index in [9.17, 15) is 5.11 Å². The number of anilines is 1. The van der Waals surface area contributed by atoms with Crippen LogP contribution in [0.1, 0.15) is 5.56 Å². The molecule has 0 aliphatic carbocycles. The average molecular weight is 339 g/mol. The van der Waals surface area contributed by atoms with Crippen LogP contribution in [0.3, 0.4) is 0 Å². The van der Waals surface area contributed by atoms with Crippen LogP contribution in [0.15, 0.2) is 41.1 Å². The van der Waals surface area contributed by atoms with E-state index < -0.39 is 6.10 Å². The summed E-state index contributed by atoms with van der Waals surface area (Å²) in [5.41, 5.74) is 7.40. The molecule has 1 heterocycles. The molecule has 1 aromatic heterocycles. The van der Waals surface area contributed by atoms with Gasteiger partial charge in [-0.25, -0.2) is 0 Å². The van der Waals surface area contributed by atoms with Crippen molar-refractivity contribution in [2.45, 2.75) is 19.2 Å². The van der Waals surface area contributed by atoms with Crippen LogP contribution in [0, 0.1) is 0 Å². The molecule has 0 spiro atoms. The van der Waals surface area contributed by atoms with Crippen LogP contribution < -0.4 is 5.73 Å². The molecule has 0 fully saturated rings. The number of rotatable bonds is 6. The summed E-state index contributed by atoms with van der Waals surface area (Å²) in [6, 6.07) is 8.09. The van der Waals surface area contributed by atoms with Gasteiger partial charge in [-0.1, -0.05) is 34.1 Å². The van der Waals surface area contributed by atoms with Gasteiger partial charge in [0.2, 0.25) is 0 Å². The smallest absolute Gasteiger partial charge is 0.0862 e. The minimum Gasteiger partial charge on any atom is -0.396 e. The third-order valence-electron chi connectivity index (χ3n) is 2.97. The Kier molecular flexibility index (Phi) is 5.17. The SMILES string of the molecule is CN(Cc1ccccc1Br)CC(O)Cn1cc(N)cn1. The number of nitrogen functional groups attached to an aromatic ring is 1. The third kappa shape index (κ3) is 4.33. The van der Waals surface area contributed by atoms with Gasteiger partial charge in [-0.3, -0.25) is 9.58 Å². The second-order valence-electron chi connectivity index (χ2n) is 4.94. The number of aromatic nitrogens is 2. The van der Waals surface area contributed by atoms with Gasteiger partial charge in [0.1, 0.15) is 0 Å². The van der Waals surface area contributed by atoms with Gasteiger partial charge in [0.05, 0.1) is 24.5 Å². The minimum absolute atomic E-state index is 0.442. The standard InChI is InChI=1S/C14H19BrN4O/c1-18(7-11-4-2-3-5-14(11)15)9-13(20)10-19-8-12(16)6-17-19/h2-6,8,13,20H,7,9-10,16H2,1H3. The van der Waals surface area contributed by atoms with Crippen LogP contribution in [0.4, 0.5) is 5.69 Å². The van der Waals surface area contributed by atoms with Crippen LogP contribution >= 0.6 is 15.9 Å². The largest absolute Gasteiger partial charge is 0.396 e. The Labute approximate surface area is 127 Å². The predicted octanol–water partition coefficient (Wildman–Crippen LogP) is 1.72. The number of aliphatic hydroxyl groups excluding tert-OH is 1. The lowest BCUT2D eigenvalue weighted by Crippen LogP contribution is -2.32. The van der Waals surface area contributed by atoms with Gasteiger partial charge in [0.15, 0.2) is 0 Å². The zero-order valence-corrected chi connectivity index (χ0v) is 13.0. The van der Waals surface area contributed by atoms with E-state index in [1.807, 2.05) is 25.2 Å². The zero-order valence-electron chi connectivity index (χ0n) is 11.4. The van der Waals surface area contributed by atoms with Gasteiger partial charge < -0.3 is 10.8 Å². The van der Waals surface area contributed by atoms with Crippen molar-refractivity contribution in [3.05, 3.63) is 46.7 Å². The van der Waals surface area contributed by atoms with Crippen LogP contribution in [0.25, 0.3) is 0 Å². The first kappa shape index (κ1) is 15.0. The lowest BCUT2D eigenvalue weighted by atomic mass is 10.2. The Balaban J connectivity index is 1.85. The summed E-state index contributed by atoms with van der Waals surface area (Å²) in [5, 5.41) is 14.1. The fraction of sp³-hybridized carbons (Fsp3) is 0.357. The minimum atomic E-state index is -0.484. The number of aliphatic hydroxyl groups is 1. The van der Waals surface area contributed by atoms with Crippen molar-refractivity contribution in [3.8, 4) is 0 Å². The van der Waals surface area contributed by atoms with Gasteiger partial charge in [-0.2, -0.15) is 5.10 Å². The summed E-state index contributed by atoms with van der Waals surface area (Å²) in [6.45, 7) is 1.79. The monoisotopic (exact) mass is 338 g/mol. The number of benzene rings is 1. The second kappa shape index (κ2) is 6.88. The molecule has 1 unspecified atom stereocenters. The van der Waals surface area contributed by atoms with Gasteiger partial charge >= 0.3 is 0 Å². The fourth-order valence-corrected chi connectivity index (χ4v) is 2.50. The third-order valence-corrected chi connectivity index (χ3v) is 3.75. The molecule has 0 radical (unpaired) electrons. The number of hydrogen-bond donors (Lipinski definition) is 2. The molecule has 0 aliphatic rings. The highest BCUT2D eigenvalue weighted by molar-refractivity contribution is 9.10. The van der Waals surface area contributed by atoms with Crippen molar-refractivity contribution in [3.63, 3.8) is 0 Å². The highest BCUT2D eigenvalue weighted by Gasteiger charge is 2.11. The summed E-state index contributed by atoms with van der Waals surface area (Å²) in [4.78, 5) is 2.08. The molecular weight excluding hydrogens is 320 g/mol. The lowest BCUT2D eigenvalue weighted by Gasteiger charge is -2.21. The van der Waals surface area contributed by atoms with Crippen LogP contribution in [-0.4, -0.2) is 39.5 Å². The normalized spacial score (nSPS) is 12.8. The lowest BCUT2D eigenvalue weighted by molar-refractivity contribution is 0.104. The van der Waals surface area contributed by atoms with Crippen LogP contribution in [-0.2, 0) is 13.1 Å². The summed E-state index contributed by atoms with van der Waals surface area (Å²) in [6.07, 6.45) is 2.82.